The number of carbonyl (C=O) groups is 1. The molecule has 0 bridgehead atoms. The number of aryl methyl sites for hydroxylation is 2. The van der Waals surface area contributed by atoms with E-state index in [1.54, 1.807) is 42.9 Å². The Morgan fingerprint density at radius 3 is 2.62 bits per heavy atom. The quantitative estimate of drug-likeness (QED) is 0.778. The topological polar surface area (TPSA) is 86.0 Å². The minimum atomic E-state index is -0.455. The molecule has 0 fully saturated rings. The lowest BCUT2D eigenvalue weighted by Gasteiger charge is -2.07. The second kappa shape index (κ2) is 6.04. The molecule has 24 heavy (non-hydrogen) atoms. The van der Waals surface area contributed by atoms with Crippen LogP contribution in [0.1, 0.15) is 11.4 Å². The fourth-order valence-electron chi connectivity index (χ4n) is 2.52. The van der Waals surface area contributed by atoms with Gasteiger partial charge in [-0.1, -0.05) is 23.5 Å². The zero-order valence-electron chi connectivity index (χ0n) is 13.5. The fraction of sp³-hybridized carbons (Fsp3) is 0.250. The van der Waals surface area contributed by atoms with Gasteiger partial charge in [-0.2, -0.15) is 5.10 Å². The van der Waals surface area contributed by atoms with Crippen LogP contribution in [0.4, 0.5) is 5.69 Å². The number of amides is 1. The number of nitrogens with zero attached hydrogens (tertiary/aromatic N) is 3. The Hall–Kier alpha value is -2.74. The molecule has 7 nitrogen and oxygen atoms in total. The molecule has 0 saturated carbocycles. The highest BCUT2D eigenvalue weighted by Gasteiger charge is 2.15. The first-order chi connectivity index (χ1) is 11.4. The summed E-state index contributed by atoms with van der Waals surface area (Å²) in [7, 11) is 1.78. The molecule has 3 rings (SSSR count). The molecule has 1 amide bonds. The van der Waals surface area contributed by atoms with Crippen molar-refractivity contribution >= 4 is 33.0 Å². The smallest absolute Gasteiger partial charge is 0.311 e. The van der Waals surface area contributed by atoms with E-state index in [4.69, 9.17) is 0 Å². The maximum atomic E-state index is 12.4. The lowest BCUT2D eigenvalue weighted by molar-refractivity contribution is -0.116. The van der Waals surface area contributed by atoms with Gasteiger partial charge in [0.05, 0.1) is 22.5 Å². The van der Waals surface area contributed by atoms with Gasteiger partial charge in [0, 0.05) is 11.7 Å². The van der Waals surface area contributed by atoms with Gasteiger partial charge in [-0.25, -0.2) is 0 Å². The number of anilines is 1. The van der Waals surface area contributed by atoms with Crippen LogP contribution in [-0.2, 0) is 18.4 Å². The van der Waals surface area contributed by atoms with Gasteiger partial charge in [0.15, 0.2) is 0 Å². The molecule has 0 aliphatic rings. The predicted octanol–water partition coefficient (Wildman–Crippen LogP) is 1.41. The van der Waals surface area contributed by atoms with Crippen LogP contribution in [0.5, 0.6) is 0 Å². The summed E-state index contributed by atoms with van der Waals surface area (Å²) in [5.41, 5.74) is 1.63. The van der Waals surface area contributed by atoms with E-state index in [2.05, 4.69) is 10.4 Å². The second-order valence-electron chi connectivity index (χ2n) is 5.47. The molecule has 0 saturated heterocycles. The Labute approximate surface area is 141 Å². The summed E-state index contributed by atoms with van der Waals surface area (Å²) in [6.45, 7) is 3.29. The van der Waals surface area contributed by atoms with Crippen LogP contribution < -0.4 is 15.7 Å². The summed E-state index contributed by atoms with van der Waals surface area (Å²) in [6.07, 6.45) is 0. The van der Waals surface area contributed by atoms with Gasteiger partial charge in [-0.05, 0) is 26.0 Å². The van der Waals surface area contributed by atoms with Crippen LogP contribution >= 0.6 is 11.3 Å². The summed E-state index contributed by atoms with van der Waals surface area (Å²) >= 11 is 0.952. The van der Waals surface area contributed by atoms with Crippen molar-refractivity contribution in [3.8, 4) is 0 Å². The van der Waals surface area contributed by atoms with Crippen molar-refractivity contribution in [1.82, 2.24) is 14.3 Å². The Bertz CT molecular complexity index is 1060. The van der Waals surface area contributed by atoms with Crippen LogP contribution in [-0.4, -0.2) is 20.3 Å². The third-order valence-corrected chi connectivity index (χ3v) is 4.83. The average Bonchev–Trinajstić information content (AvgIpc) is 2.78. The fourth-order valence-corrected chi connectivity index (χ4v) is 3.38. The monoisotopic (exact) mass is 344 g/mol. The molecule has 1 N–H and O–H groups in total. The molecule has 2 aromatic heterocycles. The standard InChI is InChI=1S/C16H16N4O3S/c1-9-14(10(2)19(3)18-9)17-13(21)8-20-15(22)11-6-4-5-7-12(11)24-16(20)23/h4-7H,8H2,1-3H3,(H,17,21). The number of carbonyl (C=O) groups excluding carboxylic acids is 1. The zero-order chi connectivity index (χ0) is 17.4. The Balaban J connectivity index is 1.94. The molecule has 124 valence electrons. The summed E-state index contributed by atoms with van der Waals surface area (Å²) in [5.74, 6) is -0.434. The lowest BCUT2D eigenvalue weighted by atomic mass is 10.3. The van der Waals surface area contributed by atoms with Crippen molar-refractivity contribution < 1.29 is 4.79 Å². The minimum Gasteiger partial charge on any atom is -0.321 e. The normalized spacial score (nSPS) is 11.0. The molecule has 1 aromatic carbocycles. The molecule has 0 aliphatic heterocycles. The first-order valence-electron chi connectivity index (χ1n) is 7.31. The van der Waals surface area contributed by atoms with Gasteiger partial charge in [0.1, 0.15) is 6.54 Å². The Kier molecular flexibility index (Phi) is 4.06. The molecule has 0 unspecified atom stereocenters. The maximum Gasteiger partial charge on any atom is 0.311 e. The van der Waals surface area contributed by atoms with Crippen molar-refractivity contribution in [2.75, 3.05) is 5.32 Å². The molecular formula is C16H16N4O3S. The van der Waals surface area contributed by atoms with Crippen molar-refractivity contribution in [1.29, 1.82) is 0 Å². The summed E-state index contributed by atoms with van der Waals surface area (Å²) in [6, 6.07) is 6.86. The van der Waals surface area contributed by atoms with Crippen LogP contribution in [0.2, 0.25) is 0 Å². The number of nitrogens with one attached hydrogen (secondary N) is 1. The van der Waals surface area contributed by atoms with Crippen LogP contribution in [0.15, 0.2) is 33.9 Å². The van der Waals surface area contributed by atoms with Crippen molar-refractivity contribution in [2.24, 2.45) is 7.05 Å². The third-order valence-electron chi connectivity index (χ3n) is 3.86. The van der Waals surface area contributed by atoms with Crippen LogP contribution in [0, 0.1) is 13.8 Å². The van der Waals surface area contributed by atoms with Gasteiger partial charge >= 0.3 is 4.87 Å². The van der Waals surface area contributed by atoms with Crippen molar-refractivity contribution in [3.63, 3.8) is 0 Å². The van der Waals surface area contributed by atoms with Gasteiger partial charge in [-0.3, -0.25) is 23.6 Å². The van der Waals surface area contributed by atoms with Crippen LogP contribution in [0.3, 0.4) is 0 Å². The zero-order valence-corrected chi connectivity index (χ0v) is 14.3. The van der Waals surface area contributed by atoms with Gasteiger partial charge in [0.2, 0.25) is 5.91 Å². The largest absolute Gasteiger partial charge is 0.321 e. The van der Waals surface area contributed by atoms with Gasteiger partial charge in [-0.15, -0.1) is 0 Å². The molecule has 3 aromatic rings. The van der Waals surface area contributed by atoms with E-state index < -0.39 is 16.3 Å². The first kappa shape index (κ1) is 16.1. The van der Waals surface area contributed by atoms with Crippen LogP contribution in [0.25, 0.3) is 10.1 Å². The number of rotatable bonds is 3. The van der Waals surface area contributed by atoms with E-state index in [0.29, 0.717) is 21.5 Å². The van der Waals surface area contributed by atoms with Gasteiger partial charge < -0.3 is 5.32 Å². The maximum absolute atomic E-state index is 12.4. The van der Waals surface area contributed by atoms with E-state index in [1.165, 1.54) is 0 Å². The SMILES string of the molecule is Cc1nn(C)c(C)c1NC(=O)Cn1c(=O)sc2ccccc2c1=O. The van der Waals surface area contributed by atoms with E-state index in [-0.39, 0.29) is 6.54 Å². The predicted molar refractivity (Wildman–Crippen MR) is 93.7 cm³/mol. The first-order valence-corrected chi connectivity index (χ1v) is 8.13. The highest BCUT2D eigenvalue weighted by atomic mass is 32.1. The number of hydrogen-bond acceptors (Lipinski definition) is 5. The highest BCUT2D eigenvalue weighted by Crippen LogP contribution is 2.18. The van der Waals surface area contributed by atoms with Crippen molar-refractivity contribution in [2.45, 2.75) is 20.4 Å². The molecule has 0 spiro atoms. The summed E-state index contributed by atoms with van der Waals surface area (Å²) < 4.78 is 3.24. The van der Waals surface area contributed by atoms with E-state index in [9.17, 15) is 14.4 Å². The molecule has 0 atom stereocenters. The molecule has 2 heterocycles. The van der Waals surface area contributed by atoms with Gasteiger partial charge in [0.25, 0.3) is 5.56 Å². The number of benzene rings is 1. The Morgan fingerprint density at radius 1 is 1.25 bits per heavy atom. The molecule has 0 radical (unpaired) electrons. The number of hydrogen-bond donors (Lipinski definition) is 1. The summed E-state index contributed by atoms with van der Waals surface area (Å²) in [4.78, 5) is 36.5. The number of aromatic nitrogens is 3. The number of fused-ring (bicyclic) bond motifs is 1. The van der Waals surface area contributed by atoms with Crippen molar-refractivity contribution in [3.05, 3.63) is 55.7 Å². The Morgan fingerprint density at radius 2 is 1.96 bits per heavy atom. The van der Waals surface area contributed by atoms with E-state index in [0.717, 1.165) is 21.6 Å². The molecule has 8 heteroatoms. The lowest BCUT2D eigenvalue weighted by Crippen LogP contribution is -2.35. The van der Waals surface area contributed by atoms with E-state index >= 15 is 0 Å². The molecular weight excluding hydrogens is 328 g/mol. The third kappa shape index (κ3) is 2.76. The molecule has 0 aliphatic carbocycles. The second-order valence-corrected chi connectivity index (χ2v) is 6.47. The van der Waals surface area contributed by atoms with E-state index in [1.807, 2.05) is 6.92 Å². The average molecular weight is 344 g/mol. The highest BCUT2D eigenvalue weighted by molar-refractivity contribution is 7.16. The summed E-state index contributed by atoms with van der Waals surface area (Å²) in [5, 5.41) is 7.39. The minimum absolute atomic E-state index is 0.327.